The van der Waals surface area contributed by atoms with Crippen molar-refractivity contribution in [3.63, 3.8) is 0 Å². The molecule has 0 atom stereocenters. The van der Waals surface area contributed by atoms with Crippen molar-refractivity contribution in [2.45, 2.75) is 6.92 Å². The maximum absolute atomic E-state index is 5.08. The molecule has 0 aliphatic rings. The summed E-state index contributed by atoms with van der Waals surface area (Å²) in [4.78, 5) is 18.9. The highest BCUT2D eigenvalue weighted by Gasteiger charge is 2.13. The smallest absolute Gasteiger partial charge is 0.233 e. The number of hydrogen-bond acceptors (Lipinski definition) is 7. The molecule has 0 aliphatic heterocycles. The number of anilines is 3. The number of hydrogen-bond donors (Lipinski definition) is 0. The Kier molecular flexibility index (Phi) is 5.08. The lowest BCUT2D eigenvalue weighted by Gasteiger charge is -2.21. The van der Waals surface area contributed by atoms with Crippen molar-refractivity contribution in [1.82, 2.24) is 15.0 Å². The number of ether oxygens (including phenoxy) is 1. The van der Waals surface area contributed by atoms with E-state index in [0.29, 0.717) is 24.6 Å². The van der Waals surface area contributed by atoms with Gasteiger partial charge in [0.05, 0.1) is 0 Å². The minimum atomic E-state index is 0.437. The largest absolute Gasteiger partial charge is 0.364 e. The predicted octanol–water partition coefficient (Wildman–Crippen LogP) is 0.434. The first kappa shape index (κ1) is 14.4. The first-order valence-corrected chi connectivity index (χ1v) is 5.84. The Morgan fingerprint density at radius 3 is 1.83 bits per heavy atom. The fourth-order valence-electron chi connectivity index (χ4n) is 1.28. The van der Waals surface area contributed by atoms with Gasteiger partial charge in [0.25, 0.3) is 0 Å². The fourth-order valence-corrected chi connectivity index (χ4v) is 1.28. The second-order valence-corrected chi connectivity index (χ2v) is 4.26. The molecule has 0 N–H and O–H groups in total. The van der Waals surface area contributed by atoms with Gasteiger partial charge in [-0.15, -0.1) is 0 Å². The van der Waals surface area contributed by atoms with Gasteiger partial charge in [-0.05, 0) is 6.92 Å². The van der Waals surface area contributed by atoms with Crippen LogP contribution < -0.4 is 14.7 Å². The van der Waals surface area contributed by atoms with Gasteiger partial charge in [0, 0.05) is 41.8 Å². The lowest BCUT2D eigenvalue weighted by molar-refractivity contribution is 0.201. The van der Waals surface area contributed by atoms with Crippen LogP contribution >= 0.6 is 0 Å². The predicted molar refractivity (Wildman–Crippen MR) is 73.4 cm³/mol. The van der Waals surface area contributed by atoms with E-state index in [-0.39, 0.29) is 0 Å². The van der Waals surface area contributed by atoms with Crippen LogP contribution in [-0.2, 0) is 4.74 Å². The Morgan fingerprint density at radius 2 is 1.39 bits per heavy atom. The zero-order valence-electron chi connectivity index (χ0n) is 12.0. The second-order valence-electron chi connectivity index (χ2n) is 4.26. The van der Waals surface area contributed by atoms with E-state index in [1.807, 2.05) is 42.9 Å². The molecule has 1 heterocycles. The third-order valence-electron chi connectivity index (χ3n) is 2.48. The van der Waals surface area contributed by atoms with E-state index < -0.39 is 0 Å². The van der Waals surface area contributed by atoms with Crippen molar-refractivity contribution in [2.24, 2.45) is 0 Å². The van der Waals surface area contributed by atoms with Crippen molar-refractivity contribution < 1.29 is 4.74 Å². The van der Waals surface area contributed by atoms with E-state index in [9.17, 15) is 0 Å². The highest BCUT2D eigenvalue weighted by atomic mass is 16.5. The summed E-state index contributed by atoms with van der Waals surface area (Å²) in [6.45, 7) is 3.33. The lowest BCUT2D eigenvalue weighted by atomic mass is 10.6. The van der Waals surface area contributed by atoms with E-state index >= 15 is 0 Å². The maximum Gasteiger partial charge on any atom is 0.233 e. The van der Waals surface area contributed by atoms with Crippen molar-refractivity contribution >= 4 is 17.8 Å². The van der Waals surface area contributed by atoms with E-state index in [4.69, 9.17) is 4.74 Å². The summed E-state index contributed by atoms with van der Waals surface area (Å²) in [6, 6.07) is 0. The van der Waals surface area contributed by atoms with E-state index in [1.54, 1.807) is 7.11 Å². The molecule has 18 heavy (non-hydrogen) atoms. The summed E-state index contributed by atoms with van der Waals surface area (Å²) in [7, 11) is 9.29. The van der Waals surface area contributed by atoms with Crippen molar-refractivity contribution in [1.29, 1.82) is 0 Å². The minimum Gasteiger partial charge on any atom is -0.364 e. The summed E-state index contributed by atoms with van der Waals surface area (Å²) in [5, 5.41) is 0. The number of methoxy groups -OCH3 is 1. The quantitative estimate of drug-likeness (QED) is 0.682. The van der Waals surface area contributed by atoms with Crippen LogP contribution in [0.2, 0.25) is 0 Å². The summed E-state index contributed by atoms with van der Waals surface area (Å²) in [6.07, 6.45) is 0. The maximum atomic E-state index is 5.08. The molecule has 0 aromatic carbocycles. The van der Waals surface area contributed by atoms with Crippen LogP contribution in [0.25, 0.3) is 0 Å². The first-order valence-electron chi connectivity index (χ1n) is 5.84. The van der Waals surface area contributed by atoms with Crippen LogP contribution in [0.5, 0.6) is 0 Å². The van der Waals surface area contributed by atoms with E-state index in [0.717, 1.165) is 6.54 Å². The molecule has 0 bridgehead atoms. The van der Waals surface area contributed by atoms with Gasteiger partial charge in [0.2, 0.25) is 17.8 Å². The second kappa shape index (κ2) is 6.34. The van der Waals surface area contributed by atoms with E-state index in [2.05, 4.69) is 21.9 Å². The molecule has 1 aromatic heterocycles. The van der Waals surface area contributed by atoms with Gasteiger partial charge in [0.1, 0.15) is 6.73 Å². The van der Waals surface area contributed by atoms with Gasteiger partial charge in [-0.1, -0.05) is 0 Å². The standard InChI is InChI=1S/C11H22N6O/c1-7-16(4)10-12-9(15(2)3)13-11(14-10)17(5)8-18-6/h7-8H2,1-6H3. The average molecular weight is 254 g/mol. The molecule has 0 unspecified atom stereocenters. The SMILES string of the molecule is CCN(C)c1nc(N(C)C)nc(N(C)COC)n1. The van der Waals surface area contributed by atoms with Crippen LogP contribution in [0.3, 0.4) is 0 Å². The molecule has 102 valence electrons. The van der Waals surface area contributed by atoms with Crippen molar-refractivity contribution in [2.75, 3.05) is 63.3 Å². The molecule has 0 spiro atoms. The summed E-state index contributed by atoms with van der Waals surface area (Å²) in [5.74, 6) is 1.90. The molecule has 0 aliphatic carbocycles. The van der Waals surface area contributed by atoms with Gasteiger partial charge in [-0.25, -0.2) is 0 Å². The topological polar surface area (TPSA) is 57.6 Å². The number of nitrogens with zero attached hydrogens (tertiary/aromatic N) is 6. The van der Waals surface area contributed by atoms with Crippen LogP contribution in [0.4, 0.5) is 17.8 Å². The monoisotopic (exact) mass is 254 g/mol. The molecule has 7 heteroatoms. The van der Waals surface area contributed by atoms with Crippen LogP contribution in [0.15, 0.2) is 0 Å². The van der Waals surface area contributed by atoms with Crippen molar-refractivity contribution in [3.8, 4) is 0 Å². The molecule has 0 fully saturated rings. The number of aromatic nitrogens is 3. The molecule has 1 aromatic rings. The Bertz CT molecular complexity index is 384. The van der Waals surface area contributed by atoms with Gasteiger partial charge in [0.15, 0.2) is 0 Å². The van der Waals surface area contributed by atoms with Crippen LogP contribution in [0.1, 0.15) is 6.92 Å². The molecule has 1 rings (SSSR count). The Labute approximate surface area is 108 Å². The normalized spacial score (nSPS) is 10.3. The summed E-state index contributed by atoms with van der Waals surface area (Å²) in [5.41, 5.74) is 0. The number of rotatable bonds is 6. The molecule has 0 saturated carbocycles. The minimum absolute atomic E-state index is 0.437. The molecule has 0 radical (unpaired) electrons. The molecule has 7 nitrogen and oxygen atoms in total. The Balaban J connectivity index is 3.13. The third-order valence-corrected chi connectivity index (χ3v) is 2.48. The Hall–Kier alpha value is -1.63. The van der Waals surface area contributed by atoms with Crippen molar-refractivity contribution in [3.05, 3.63) is 0 Å². The van der Waals surface area contributed by atoms with Gasteiger partial charge in [-0.3, -0.25) is 0 Å². The Morgan fingerprint density at radius 1 is 0.889 bits per heavy atom. The molecule has 0 saturated heterocycles. The highest BCUT2D eigenvalue weighted by molar-refractivity contribution is 5.44. The zero-order valence-corrected chi connectivity index (χ0v) is 12.0. The third kappa shape index (κ3) is 3.43. The molecular formula is C11H22N6O. The molecule has 0 amide bonds. The van der Waals surface area contributed by atoms with Gasteiger partial charge in [-0.2, -0.15) is 15.0 Å². The summed E-state index contributed by atoms with van der Waals surface area (Å²) >= 11 is 0. The van der Waals surface area contributed by atoms with Crippen LogP contribution in [0, 0.1) is 0 Å². The zero-order chi connectivity index (χ0) is 13.7. The first-order chi connectivity index (χ1) is 8.49. The molecular weight excluding hydrogens is 232 g/mol. The van der Waals surface area contributed by atoms with Crippen LogP contribution in [-0.4, -0.2) is 63.5 Å². The lowest BCUT2D eigenvalue weighted by Crippen LogP contribution is -2.27. The van der Waals surface area contributed by atoms with Gasteiger partial charge < -0.3 is 19.4 Å². The van der Waals surface area contributed by atoms with Gasteiger partial charge >= 0.3 is 0 Å². The fraction of sp³-hybridized carbons (Fsp3) is 0.727. The summed E-state index contributed by atoms with van der Waals surface area (Å²) < 4.78 is 5.08. The van der Waals surface area contributed by atoms with E-state index in [1.165, 1.54) is 0 Å². The average Bonchev–Trinajstić information content (AvgIpc) is 2.37. The highest BCUT2D eigenvalue weighted by Crippen LogP contribution is 2.16.